The van der Waals surface area contributed by atoms with Gasteiger partial charge < -0.3 is 10.6 Å². The number of anilines is 1. The lowest BCUT2D eigenvalue weighted by atomic mass is 10.2. The highest BCUT2D eigenvalue weighted by molar-refractivity contribution is 7.20. The number of benzene rings is 1. The van der Waals surface area contributed by atoms with Crippen molar-refractivity contribution in [3.8, 4) is 0 Å². The Balaban J connectivity index is 1.92. The van der Waals surface area contributed by atoms with E-state index in [4.69, 9.17) is 0 Å². The number of aryl methyl sites for hydroxylation is 1. The molecule has 28 heavy (non-hydrogen) atoms. The third-order valence-corrected chi connectivity index (χ3v) is 5.33. The van der Waals surface area contributed by atoms with Crippen LogP contribution >= 0.6 is 11.3 Å². The molecule has 7 nitrogen and oxygen atoms in total. The molecule has 0 fully saturated rings. The van der Waals surface area contributed by atoms with E-state index in [2.05, 4.69) is 15.6 Å². The van der Waals surface area contributed by atoms with Gasteiger partial charge in [0.05, 0.1) is 22.3 Å². The van der Waals surface area contributed by atoms with Crippen LogP contribution in [0.5, 0.6) is 0 Å². The summed E-state index contributed by atoms with van der Waals surface area (Å²) in [6.07, 6.45) is 2.09. The van der Waals surface area contributed by atoms with Gasteiger partial charge in [0.25, 0.3) is 11.5 Å². The summed E-state index contributed by atoms with van der Waals surface area (Å²) in [5, 5.41) is 5.50. The molecule has 2 heterocycles. The number of aromatic nitrogens is 2. The first-order valence-corrected chi connectivity index (χ1v) is 9.55. The molecule has 0 unspecified atom stereocenters. The minimum atomic E-state index is -0.548. The van der Waals surface area contributed by atoms with Gasteiger partial charge in [-0.2, -0.15) is 0 Å². The van der Waals surface area contributed by atoms with E-state index < -0.39 is 17.3 Å². The van der Waals surface area contributed by atoms with E-state index >= 15 is 0 Å². The van der Waals surface area contributed by atoms with Crippen LogP contribution in [0, 0.1) is 12.7 Å². The van der Waals surface area contributed by atoms with Crippen molar-refractivity contribution in [1.82, 2.24) is 14.9 Å². The van der Waals surface area contributed by atoms with Crippen molar-refractivity contribution in [1.29, 1.82) is 0 Å². The SMILES string of the molecule is CCCNC(=O)Cn1cnc2sc(C(=O)Nc3ccccc3F)c(C)c2c1=O. The van der Waals surface area contributed by atoms with Gasteiger partial charge in [-0.3, -0.25) is 19.0 Å². The molecule has 3 aromatic rings. The predicted molar refractivity (Wildman–Crippen MR) is 106 cm³/mol. The fourth-order valence-electron chi connectivity index (χ4n) is 2.71. The topological polar surface area (TPSA) is 93.1 Å². The summed E-state index contributed by atoms with van der Waals surface area (Å²) in [5.74, 6) is -1.35. The standard InChI is InChI=1S/C19H19FN4O3S/c1-3-8-21-14(25)9-24-10-22-18-15(19(24)27)11(2)16(28-18)17(26)23-13-7-5-4-6-12(13)20/h4-7,10H,3,8-9H2,1-2H3,(H,21,25)(H,23,26). The molecule has 0 spiro atoms. The highest BCUT2D eigenvalue weighted by Crippen LogP contribution is 2.28. The van der Waals surface area contributed by atoms with Crippen molar-refractivity contribution in [2.45, 2.75) is 26.8 Å². The number of amides is 2. The van der Waals surface area contributed by atoms with Crippen molar-refractivity contribution in [2.24, 2.45) is 0 Å². The maximum Gasteiger partial charge on any atom is 0.266 e. The Morgan fingerprint density at radius 2 is 2.04 bits per heavy atom. The molecule has 3 rings (SSSR count). The van der Waals surface area contributed by atoms with Gasteiger partial charge in [0.1, 0.15) is 17.2 Å². The first-order chi connectivity index (χ1) is 13.4. The normalized spacial score (nSPS) is 10.8. The van der Waals surface area contributed by atoms with Crippen molar-refractivity contribution in [2.75, 3.05) is 11.9 Å². The zero-order valence-electron chi connectivity index (χ0n) is 15.4. The highest BCUT2D eigenvalue weighted by Gasteiger charge is 2.20. The van der Waals surface area contributed by atoms with E-state index in [-0.39, 0.29) is 28.4 Å². The third kappa shape index (κ3) is 3.94. The van der Waals surface area contributed by atoms with E-state index in [1.165, 1.54) is 29.1 Å². The minimum absolute atomic E-state index is 0.0577. The first-order valence-electron chi connectivity index (χ1n) is 8.73. The van der Waals surface area contributed by atoms with Crippen molar-refractivity contribution < 1.29 is 14.0 Å². The fourth-order valence-corrected chi connectivity index (χ4v) is 3.74. The average Bonchev–Trinajstić information content (AvgIpc) is 3.01. The predicted octanol–water partition coefficient (Wildman–Crippen LogP) is 2.68. The number of hydrogen-bond acceptors (Lipinski definition) is 5. The summed E-state index contributed by atoms with van der Waals surface area (Å²) < 4.78 is 15.0. The van der Waals surface area contributed by atoms with Crippen LogP contribution in [-0.2, 0) is 11.3 Å². The molecule has 146 valence electrons. The Morgan fingerprint density at radius 3 is 2.75 bits per heavy atom. The second-order valence-electron chi connectivity index (χ2n) is 6.20. The lowest BCUT2D eigenvalue weighted by Crippen LogP contribution is -2.32. The van der Waals surface area contributed by atoms with Crippen LogP contribution in [0.4, 0.5) is 10.1 Å². The molecule has 0 radical (unpaired) electrons. The summed E-state index contributed by atoms with van der Waals surface area (Å²) in [7, 11) is 0. The van der Waals surface area contributed by atoms with Crippen LogP contribution < -0.4 is 16.2 Å². The molecule has 9 heteroatoms. The summed E-state index contributed by atoms with van der Waals surface area (Å²) in [6.45, 7) is 3.96. The van der Waals surface area contributed by atoms with E-state index in [1.54, 1.807) is 13.0 Å². The summed E-state index contributed by atoms with van der Waals surface area (Å²) >= 11 is 1.05. The van der Waals surface area contributed by atoms with Crippen LogP contribution in [0.1, 0.15) is 28.6 Å². The number of rotatable bonds is 6. The molecule has 0 saturated heterocycles. The van der Waals surface area contributed by atoms with E-state index in [0.717, 1.165) is 17.8 Å². The number of fused-ring (bicyclic) bond motifs is 1. The molecule has 0 atom stereocenters. The minimum Gasteiger partial charge on any atom is -0.355 e. The van der Waals surface area contributed by atoms with Gasteiger partial charge in [0.15, 0.2) is 0 Å². The smallest absolute Gasteiger partial charge is 0.266 e. The molecule has 0 saturated carbocycles. The molecule has 2 aromatic heterocycles. The fraction of sp³-hybridized carbons (Fsp3) is 0.263. The van der Waals surface area contributed by atoms with E-state index in [1.807, 2.05) is 6.92 Å². The Morgan fingerprint density at radius 1 is 1.29 bits per heavy atom. The van der Waals surface area contributed by atoms with Gasteiger partial charge in [-0.05, 0) is 31.0 Å². The molecule has 1 aromatic carbocycles. The Hall–Kier alpha value is -3.07. The third-order valence-electron chi connectivity index (χ3n) is 4.13. The molecule has 2 N–H and O–H groups in total. The maximum atomic E-state index is 13.8. The van der Waals surface area contributed by atoms with Crippen molar-refractivity contribution in [3.63, 3.8) is 0 Å². The number of carbonyl (C=O) groups excluding carboxylic acids is 2. The van der Waals surface area contributed by atoms with Gasteiger partial charge in [-0.25, -0.2) is 9.37 Å². The molecule has 2 amide bonds. The van der Waals surface area contributed by atoms with Crippen molar-refractivity contribution >= 4 is 39.1 Å². The molecule has 0 bridgehead atoms. The van der Waals surface area contributed by atoms with Gasteiger partial charge >= 0.3 is 0 Å². The van der Waals surface area contributed by atoms with Crippen LogP contribution in [0.3, 0.4) is 0 Å². The molecular weight excluding hydrogens is 383 g/mol. The molecule has 0 aliphatic rings. The number of para-hydroxylation sites is 1. The van der Waals surface area contributed by atoms with Crippen LogP contribution in [-0.4, -0.2) is 27.9 Å². The number of thiophene rings is 1. The Bertz CT molecular complexity index is 1110. The number of carbonyl (C=O) groups is 2. The Kier molecular flexibility index (Phi) is 5.84. The maximum absolute atomic E-state index is 13.8. The van der Waals surface area contributed by atoms with Crippen LogP contribution in [0.25, 0.3) is 10.2 Å². The number of hydrogen-bond donors (Lipinski definition) is 2. The van der Waals surface area contributed by atoms with Crippen LogP contribution in [0.2, 0.25) is 0 Å². The second kappa shape index (κ2) is 8.30. The molecule has 0 aliphatic carbocycles. The molecular formula is C19H19FN4O3S. The summed E-state index contributed by atoms with van der Waals surface area (Å²) in [4.78, 5) is 42.1. The van der Waals surface area contributed by atoms with E-state index in [0.29, 0.717) is 16.9 Å². The van der Waals surface area contributed by atoms with Gasteiger partial charge in [0.2, 0.25) is 5.91 Å². The lowest BCUT2D eigenvalue weighted by molar-refractivity contribution is -0.121. The average molecular weight is 402 g/mol. The number of nitrogens with one attached hydrogen (secondary N) is 2. The quantitative estimate of drug-likeness (QED) is 0.663. The van der Waals surface area contributed by atoms with Crippen molar-refractivity contribution in [3.05, 3.63) is 57.2 Å². The first kappa shape index (κ1) is 19.7. The Labute approximate surface area is 164 Å². The zero-order chi connectivity index (χ0) is 20.3. The second-order valence-corrected chi connectivity index (χ2v) is 7.20. The van der Waals surface area contributed by atoms with E-state index in [9.17, 15) is 18.8 Å². The van der Waals surface area contributed by atoms with Gasteiger partial charge in [-0.15, -0.1) is 11.3 Å². The van der Waals surface area contributed by atoms with Gasteiger partial charge in [0, 0.05) is 6.54 Å². The number of nitrogens with zero attached hydrogens (tertiary/aromatic N) is 2. The monoisotopic (exact) mass is 402 g/mol. The highest BCUT2D eigenvalue weighted by atomic mass is 32.1. The van der Waals surface area contributed by atoms with Crippen LogP contribution in [0.15, 0.2) is 35.4 Å². The lowest BCUT2D eigenvalue weighted by Gasteiger charge is -2.06. The molecule has 0 aliphatic heterocycles. The summed E-state index contributed by atoms with van der Waals surface area (Å²) in [6, 6.07) is 5.84. The summed E-state index contributed by atoms with van der Waals surface area (Å²) in [5.41, 5.74) is 0.118. The largest absolute Gasteiger partial charge is 0.355 e. The van der Waals surface area contributed by atoms with Gasteiger partial charge in [-0.1, -0.05) is 19.1 Å². The zero-order valence-corrected chi connectivity index (χ0v) is 16.2. The number of halogens is 1.